The van der Waals surface area contributed by atoms with Crippen LogP contribution < -0.4 is 0 Å². The molecule has 1 N–H and O–H groups in total. The van der Waals surface area contributed by atoms with Gasteiger partial charge in [0, 0.05) is 18.0 Å². The lowest BCUT2D eigenvalue weighted by Crippen LogP contribution is -2.43. The number of rotatable bonds is 8. The van der Waals surface area contributed by atoms with Gasteiger partial charge in [-0.3, -0.25) is 4.90 Å². The molecule has 0 amide bonds. The van der Waals surface area contributed by atoms with Crippen LogP contribution >= 0.6 is 0 Å². The van der Waals surface area contributed by atoms with Crippen molar-refractivity contribution in [3.8, 4) is 0 Å². The highest BCUT2D eigenvalue weighted by Gasteiger charge is 2.35. The highest BCUT2D eigenvalue weighted by atomic mass is 16.3. The Hall–Kier alpha value is -0.860. The molecule has 0 bridgehead atoms. The Bertz CT molecular complexity index is 399. The van der Waals surface area contributed by atoms with Gasteiger partial charge in [0.1, 0.15) is 0 Å². The molecule has 1 aliphatic rings. The van der Waals surface area contributed by atoms with Gasteiger partial charge >= 0.3 is 0 Å². The lowest BCUT2D eigenvalue weighted by molar-refractivity contribution is 0.135. The fourth-order valence-electron chi connectivity index (χ4n) is 2.78. The SMILES string of the molecule is CC(C)CCN(CC(C)(CO)c1ccccc1)C1CC1. The predicted octanol–water partition coefficient (Wildman–Crippen LogP) is 3.45. The van der Waals surface area contributed by atoms with Crippen LogP contribution in [0.1, 0.15) is 45.6 Å². The number of nitrogens with zero attached hydrogens (tertiary/aromatic N) is 1. The monoisotopic (exact) mass is 275 g/mol. The highest BCUT2D eigenvalue weighted by molar-refractivity contribution is 5.25. The molecule has 1 aliphatic carbocycles. The number of benzene rings is 1. The molecule has 0 heterocycles. The minimum Gasteiger partial charge on any atom is -0.395 e. The van der Waals surface area contributed by atoms with Crippen LogP contribution in [0.2, 0.25) is 0 Å². The van der Waals surface area contributed by atoms with Crippen LogP contribution in [-0.4, -0.2) is 35.7 Å². The second kappa shape index (κ2) is 6.73. The van der Waals surface area contributed by atoms with E-state index < -0.39 is 0 Å². The molecule has 2 nitrogen and oxygen atoms in total. The molecule has 0 aromatic heterocycles. The summed E-state index contributed by atoms with van der Waals surface area (Å²) in [4.78, 5) is 2.60. The fourth-order valence-corrected chi connectivity index (χ4v) is 2.78. The summed E-state index contributed by atoms with van der Waals surface area (Å²) in [6.45, 7) is 9.09. The van der Waals surface area contributed by atoms with E-state index in [1.165, 1.54) is 24.8 Å². The number of hydrogen-bond acceptors (Lipinski definition) is 2. The molecule has 0 saturated heterocycles. The molecule has 0 aliphatic heterocycles. The molecule has 1 unspecified atom stereocenters. The third kappa shape index (κ3) is 4.07. The van der Waals surface area contributed by atoms with Gasteiger partial charge in [-0.2, -0.15) is 0 Å². The van der Waals surface area contributed by atoms with E-state index in [2.05, 4.69) is 49.9 Å². The Morgan fingerprint density at radius 3 is 2.40 bits per heavy atom. The van der Waals surface area contributed by atoms with Crippen molar-refractivity contribution in [2.75, 3.05) is 19.7 Å². The Morgan fingerprint density at radius 2 is 1.90 bits per heavy atom. The summed E-state index contributed by atoms with van der Waals surface area (Å²) in [5.41, 5.74) is 1.10. The molecule has 2 heteroatoms. The lowest BCUT2D eigenvalue weighted by atomic mass is 9.82. The quantitative estimate of drug-likeness (QED) is 0.785. The Morgan fingerprint density at radius 1 is 1.25 bits per heavy atom. The average molecular weight is 275 g/mol. The van der Waals surface area contributed by atoms with Gasteiger partial charge in [0.2, 0.25) is 0 Å². The molecule has 0 spiro atoms. The number of aliphatic hydroxyl groups excluding tert-OH is 1. The summed E-state index contributed by atoms with van der Waals surface area (Å²) in [6, 6.07) is 11.2. The Kier molecular flexibility index (Phi) is 5.22. The van der Waals surface area contributed by atoms with Crippen molar-refractivity contribution in [1.29, 1.82) is 0 Å². The summed E-state index contributed by atoms with van der Waals surface area (Å²) in [5, 5.41) is 9.94. The van der Waals surface area contributed by atoms with E-state index in [9.17, 15) is 5.11 Å². The van der Waals surface area contributed by atoms with Gasteiger partial charge in [-0.05, 0) is 37.3 Å². The predicted molar refractivity (Wildman–Crippen MR) is 84.9 cm³/mol. The van der Waals surface area contributed by atoms with Crippen molar-refractivity contribution in [2.45, 2.75) is 51.5 Å². The molecule has 112 valence electrons. The third-order valence-corrected chi connectivity index (χ3v) is 4.43. The van der Waals surface area contributed by atoms with Crippen molar-refractivity contribution in [2.24, 2.45) is 5.92 Å². The summed E-state index contributed by atoms with van der Waals surface area (Å²) in [5.74, 6) is 0.744. The molecule has 1 saturated carbocycles. The molecular weight excluding hydrogens is 246 g/mol. The molecule has 0 radical (unpaired) electrons. The van der Waals surface area contributed by atoms with Crippen LogP contribution in [0, 0.1) is 5.92 Å². The van der Waals surface area contributed by atoms with E-state index in [-0.39, 0.29) is 12.0 Å². The standard InChI is InChI=1S/C18H29NO/c1-15(2)11-12-19(17-9-10-17)13-18(3,14-20)16-7-5-4-6-8-16/h4-8,15,17,20H,9-14H2,1-3H3. The van der Waals surface area contributed by atoms with Gasteiger partial charge in [-0.15, -0.1) is 0 Å². The van der Waals surface area contributed by atoms with Crippen LogP contribution in [0.5, 0.6) is 0 Å². The zero-order valence-corrected chi connectivity index (χ0v) is 13.2. The number of aliphatic hydroxyl groups is 1. The van der Waals surface area contributed by atoms with E-state index in [0.717, 1.165) is 25.0 Å². The summed E-state index contributed by atoms with van der Waals surface area (Å²) >= 11 is 0. The van der Waals surface area contributed by atoms with E-state index >= 15 is 0 Å². The van der Waals surface area contributed by atoms with Gasteiger partial charge in [-0.25, -0.2) is 0 Å². The fraction of sp³-hybridized carbons (Fsp3) is 0.667. The van der Waals surface area contributed by atoms with Crippen LogP contribution in [0.15, 0.2) is 30.3 Å². The molecule has 1 aromatic carbocycles. The van der Waals surface area contributed by atoms with Gasteiger partial charge in [0.15, 0.2) is 0 Å². The van der Waals surface area contributed by atoms with Crippen LogP contribution in [0.3, 0.4) is 0 Å². The molecule has 1 atom stereocenters. The average Bonchev–Trinajstić information content (AvgIpc) is 3.28. The zero-order valence-electron chi connectivity index (χ0n) is 13.2. The van der Waals surface area contributed by atoms with Gasteiger partial charge in [-0.1, -0.05) is 51.1 Å². The smallest absolute Gasteiger partial charge is 0.0537 e. The van der Waals surface area contributed by atoms with Crippen LogP contribution in [0.25, 0.3) is 0 Å². The Labute approximate surface area is 123 Å². The molecule has 2 rings (SSSR count). The normalized spacial score (nSPS) is 18.5. The van der Waals surface area contributed by atoms with Gasteiger partial charge in [0.25, 0.3) is 0 Å². The highest BCUT2D eigenvalue weighted by Crippen LogP contribution is 2.32. The Balaban J connectivity index is 2.06. The minimum absolute atomic E-state index is 0.152. The topological polar surface area (TPSA) is 23.5 Å². The first kappa shape index (κ1) is 15.5. The summed E-state index contributed by atoms with van der Waals surface area (Å²) in [6.07, 6.45) is 3.90. The second-order valence-electron chi connectivity index (χ2n) is 6.97. The van der Waals surface area contributed by atoms with Gasteiger partial charge < -0.3 is 5.11 Å². The van der Waals surface area contributed by atoms with Gasteiger partial charge in [0.05, 0.1) is 6.61 Å². The van der Waals surface area contributed by atoms with E-state index in [0.29, 0.717) is 0 Å². The van der Waals surface area contributed by atoms with E-state index in [1.54, 1.807) is 0 Å². The van der Waals surface area contributed by atoms with Crippen molar-refractivity contribution in [3.63, 3.8) is 0 Å². The molecule has 1 fully saturated rings. The largest absolute Gasteiger partial charge is 0.395 e. The van der Waals surface area contributed by atoms with Crippen LogP contribution in [0.4, 0.5) is 0 Å². The first-order valence-corrected chi connectivity index (χ1v) is 7.95. The summed E-state index contributed by atoms with van der Waals surface area (Å²) < 4.78 is 0. The molecule has 20 heavy (non-hydrogen) atoms. The zero-order chi connectivity index (χ0) is 14.6. The van der Waals surface area contributed by atoms with Crippen LogP contribution in [-0.2, 0) is 5.41 Å². The molecular formula is C18H29NO. The van der Waals surface area contributed by atoms with E-state index in [4.69, 9.17) is 0 Å². The maximum absolute atomic E-state index is 9.94. The van der Waals surface area contributed by atoms with Crippen molar-refractivity contribution >= 4 is 0 Å². The maximum Gasteiger partial charge on any atom is 0.0537 e. The van der Waals surface area contributed by atoms with Crippen molar-refractivity contribution < 1.29 is 5.11 Å². The first-order valence-electron chi connectivity index (χ1n) is 7.95. The van der Waals surface area contributed by atoms with E-state index in [1.807, 2.05) is 6.07 Å². The second-order valence-corrected chi connectivity index (χ2v) is 6.97. The minimum atomic E-state index is -0.152. The lowest BCUT2D eigenvalue weighted by Gasteiger charge is -2.35. The van der Waals surface area contributed by atoms with Crippen molar-refractivity contribution in [1.82, 2.24) is 4.90 Å². The maximum atomic E-state index is 9.94. The number of hydrogen-bond donors (Lipinski definition) is 1. The van der Waals surface area contributed by atoms with Crippen molar-refractivity contribution in [3.05, 3.63) is 35.9 Å². The summed E-state index contributed by atoms with van der Waals surface area (Å²) in [7, 11) is 0. The molecule has 1 aromatic rings. The first-order chi connectivity index (χ1) is 9.55. The third-order valence-electron chi connectivity index (χ3n) is 4.43.